The Morgan fingerprint density at radius 2 is 1.90 bits per heavy atom. The van der Waals surface area contributed by atoms with Gasteiger partial charge in [0.15, 0.2) is 5.78 Å². The Balaban J connectivity index is 2.35. The fourth-order valence-electron chi connectivity index (χ4n) is 3.18. The molecule has 0 saturated heterocycles. The van der Waals surface area contributed by atoms with Gasteiger partial charge in [0.2, 0.25) is 0 Å². The zero-order valence-corrected chi connectivity index (χ0v) is 11.8. The highest BCUT2D eigenvalue weighted by Gasteiger charge is 2.37. The van der Waals surface area contributed by atoms with Crippen molar-refractivity contribution in [1.29, 1.82) is 0 Å². The molecule has 0 radical (unpaired) electrons. The maximum Gasteiger partial charge on any atom is 0.419 e. The van der Waals surface area contributed by atoms with Crippen molar-refractivity contribution in [1.82, 2.24) is 0 Å². The lowest BCUT2D eigenvalue weighted by Gasteiger charge is -2.30. The molecule has 0 amide bonds. The van der Waals surface area contributed by atoms with E-state index in [1.165, 1.54) is 0 Å². The number of hydrogen-bond acceptors (Lipinski definition) is 1. The van der Waals surface area contributed by atoms with Crippen LogP contribution in [-0.2, 0) is 6.18 Å². The molecule has 2 atom stereocenters. The smallest absolute Gasteiger partial charge is 0.294 e. The highest BCUT2D eigenvalue weighted by atomic mass is 19.4. The van der Waals surface area contributed by atoms with E-state index in [1.807, 2.05) is 6.92 Å². The fourth-order valence-corrected chi connectivity index (χ4v) is 3.18. The molecule has 2 rings (SSSR count). The predicted molar refractivity (Wildman–Crippen MR) is 71.5 cm³/mol. The summed E-state index contributed by atoms with van der Waals surface area (Å²) in [4.78, 5) is 12.5. The van der Waals surface area contributed by atoms with Crippen LogP contribution in [0.25, 0.3) is 0 Å². The monoisotopic (exact) mass is 302 g/mol. The van der Waals surface area contributed by atoms with Crippen LogP contribution < -0.4 is 0 Å². The number of ketones is 1. The van der Waals surface area contributed by atoms with Crippen LogP contribution in [0.4, 0.5) is 17.6 Å². The van der Waals surface area contributed by atoms with Crippen LogP contribution in [-0.4, -0.2) is 5.78 Å². The van der Waals surface area contributed by atoms with Crippen LogP contribution in [0.5, 0.6) is 0 Å². The second kappa shape index (κ2) is 6.16. The van der Waals surface area contributed by atoms with Gasteiger partial charge in [-0.3, -0.25) is 4.79 Å². The maximum absolute atomic E-state index is 14.1. The van der Waals surface area contributed by atoms with E-state index >= 15 is 0 Å². The van der Waals surface area contributed by atoms with Crippen molar-refractivity contribution < 1.29 is 22.4 Å². The highest BCUT2D eigenvalue weighted by molar-refractivity contribution is 5.98. The van der Waals surface area contributed by atoms with Gasteiger partial charge in [0.05, 0.1) is 11.1 Å². The first-order valence-corrected chi connectivity index (χ1v) is 7.26. The summed E-state index contributed by atoms with van der Waals surface area (Å²) < 4.78 is 52.2. The first-order valence-electron chi connectivity index (χ1n) is 7.26. The van der Waals surface area contributed by atoms with Gasteiger partial charge in [-0.1, -0.05) is 32.3 Å². The van der Waals surface area contributed by atoms with Gasteiger partial charge < -0.3 is 0 Å². The Morgan fingerprint density at radius 3 is 2.52 bits per heavy atom. The molecular weight excluding hydrogens is 284 g/mol. The van der Waals surface area contributed by atoms with Gasteiger partial charge >= 0.3 is 6.18 Å². The third-order valence-electron chi connectivity index (χ3n) is 4.34. The topological polar surface area (TPSA) is 17.1 Å². The van der Waals surface area contributed by atoms with Crippen LogP contribution in [0.1, 0.15) is 54.9 Å². The zero-order chi connectivity index (χ0) is 15.6. The SMILES string of the molecule is CCC1CCCCC1C(=O)c1cccc(C(F)(F)F)c1F. The summed E-state index contributed by atoms with van der Waals surface area (Å²) in [6.45, 7) is 1.96. The summed E-state index contributed by atoms with van der Waals surface area (Å²) in [6, 6.07) is 2.93. The van der Waals surface area contributed by atoms with Gasteiger partial charge in [-0.15, -0.1) is 0 Å². The van der Waals surface area contributed by atoms with Crippen LogP contribution >= 0.6 is 0 Å². The van der Waals surface area contributed by atoms with E-state index in [0.29, 0.717) is 12.5 Å². The number of halogens is 4. The van der Waals surface area contributed by atoms with Gasteiger partial charge in [0.25, 0.3) is 0 Å². The van der Waals surface area contributed by atoms with Crippen molar-refractivity contribution in [3.63, 3.8) is 0 Å². The molecule has 0 aromatic heterocycles. The standard InChI is InChI=1S/C16H18F4O/c1-2-10-6-3-4-7-11(10)15(21)12-8-5-9-13(14(12)17)16(18,19)20/h5,8-11H,2-4,6-7H2,1H3. The number of benzene rings is 1. The average molecular weight is 302 g/mol. The summed E-state index contributed by atoms with van der Waals surface area (Å²) in [5.41, 5.74) is -1.78. The van der Waals surface area contributed by atoms with Crippen LogP contribution in [0.2, 0.25) is 0 Å². The minimum absolute atomic E-state index is 0.139. The molecule has 1 saturated carbocycles. The molecule has 21 heavy (non-hydrogen) atoms. The lowest BCUT2D eigenvalue weighted by atomic mass is 9.74. The Bertz CT molecular complexity index is 521. The highest BCUT2D eigenvalue weighted by Crippen LogP contribution is 2.37. The maximum atomic E-state index is 14.1. The van der Waals surface area contributed by atoms with Crippen LogP contribution in [0.3, 0.4) is 0 Å². The summed E-state index contributed by atoms with van der Waals surface area (Å²) >= 11 is 0. The molecular formula is C16H18F4O. The molecule has 1 nitrogen and oxygen atoms in total. The number of alkyl halides is 3. The molecule has 1 aromatic carbocycles. The van der Waals surface area contributed by atoms with E-state index in [0.717, 1.165) is 37.8 Å². The summed E-state index contributed by atoms with van der Waals surface area (Å²) in [5, 5.41) is 0. The van der Waals surface area contributed by atoms with Gasteiger partial charge in [-0.2, -0.15) is 13.2 Å². The molecule has 5 heteroatoms. The minimum Gasteiger partial charge on any atom is -0.294 e. The van der Waals surface area contributed by atoms with E-state index < -0.39 is 28.9 Å². The third-order valence-corrected chi connectivity index (χ3v) is 4.34. The third kappa shape index (κ3) is 3.27. The summed E-state index contributed by atoms with van der Waals surface area (Å²) in [5.74, 6) is -2.14. The fraction of sp³-hybridized carbons (Fsp3) is 0.562. The Kier molecular flexibility index (Phi) is 4.69. The Hall–Kier alpha value is -1.39. The normalized spacial score (nSPS) is 23.1. The molecule has 1 aliphatic rings. The molecule has 0 N–H and O–H groups in total. The van der Waals surface area contributed by atoms with Gasteiger partial charge in [0.1, 0.15) is 5.82 Å². The number of Topliss-reactive ketones (excluding diaryl/α,β-unsaturated/α-hetero) is 1. The predicted octanol–water partition coefficient (Wildman–Crippen LogP) is 5.24. The number of hydrogen-bond donors (Lipinski definition) is 0. The number of rotatable bonds is 3. The molecule has 2 unspecified atom stereocenters. The molecule has 1 aromatic rings. The number of carbonyl (C=O) groups is 1. The second-order valence-corrected chi connectivity index (χ2v) is 5.59. The van der Waals surface area contributed by atoms with Crippen molar-refractivity contribution in [2.45, 2.75) is 45.2 Å². The van der Waals surface area contributed by atoms with E-state index in [-0.39, 0.29) is 11.8 Å². The first-order chi connectivity index (χ1) is 9.86. The molecule has 116 valence electrons. The van der Waals surface area contributed by atoms with E-state index in [4.69, 9.17) is 0 Å². The second-order valence-electron chi connectivity index (χ2n) is 5.59. The molecule has 0 bridgehead atoms. The van der Waals surface area contributed by atoms with Crippen molar-refractivity contribution in [2.75, 3.05) is 0 Å². The molecule has 0 heterocycles. The van der Waals surface area contributed by atoms with Gasteiger partial charge in [-0.25, -0.2) is 4.39 Å². The molecule has 0 spiro atoms. The summed E-state index contributed by atoms with van der Waals surface area (Å²) in [6.07, 6.45) is -0.588. The van der Waals surface area contributed by atoms with Crippen LogP contribution in [0, 0.1) is 17.7 Å². The zero-order valence-electron chi connectivity index (χ0n) is 11.8. The van der Waals surface area contributed by atoms with Gasteiger partial charge in [-0.05, 0) is 30.9 Å². The lowest BCUT2D eigenvalue weighted by Crippen LogP contribution is -2.28. The largest absolute Gasteiger partial charge is 0.419 e. The van der Waals surface area contributed by atoms with Crippen LogP contribution in [0.15, 0.2) is 18.2 Å². The van der Waals surface area contributed by atoms with E-state index in [1.54, 1.807) is 0 Å². The minimum atomic E-state index is -4.78. The van der Waals surface area contributed by atoms with E-state index in [2.05, 4.69) is 0 Å². The van der Waals surface area contributed by atoms with Crippen molar-refractivity contribution in [2.24, 2.45) is 11.8 Å². The van der Waals surface area contributed by atoms with Crippen molar-refractivity contribution in [3.05, 3.63) is 35.1 Å². The summed E-state index contributed by atoms with van der Waals surface area (Å²) in [7, 11) is 0. The first kappa shape index (κ1) is 16.0. The Morgan fingerprint density at radius 1 is 1.24 bits per heavy atom. The molecule has 1 fully saturated rings. The molecule has 1 aliphatic carbocycles. The quantitative estimate of drug-likeness (QED) is 0.551. The van der Waals surface area contributed by atoms with Crippen molar-refractivity contribution >= 4 is 5.78 Å². The average Bonchev–Trinajstić information content (AvgIpc) is 2.45. The lowest BCUT2D eigenvalue weighted by molar-refractivity contribution is -0.140. The van der Waals surface area contributed by atoms with E-state index in [9.17, 15) is 22.4 Å². The molecule has 0 aliphatic heterocycles. The van der Waals surface area contributed by atoms with Crippen molar-refractivity contribution in [3.8, 4) is 0 Å². The Labute approximate surface area is 121 Å². The van der Waals surface area contributed by atoms with Gasteiger partial charge in [0, 0.05) is 5.92 Å². The number of carbonyl (C=O) groups excluding carboxylic acids is 1.